The molecule has 2 heterocycles. The Morgan fingerprint density at radius 3 is 2.69 bits per heavy atom. The van der Waals surface area contributed by atoms with Crippen molar-refractivity contribution in [2.45, 2.75) is 18.9 Å². The molecule has 9 nitrogen and oxygen atoms in total. The molecule has 0 radical (unpaired) electrons. The van der Waals surface area contributed by atoms with Gasteiger partial charge in [-0.05, 0) is 25.1 Å². The smallest absolute Gasteiger partial charge is 0.315 e. The van der Waals surface area contributed by atoms with Crippen LogP contribution in [-0.4, -0.2) is 83.0 Å². The fourth-order valence-corrected chi connectivity index (χ4v) is 3.61. The van der Waals surface area contributed by atoms with Crippen molar-refractivity contribution >= 4 is 17.6 Å². The monoisotopic (exact) mass is 406 g/mol. The number of rotatable bonds is 8. The first kappa shape index (κ1) is 21.2. The number of carbonyl (C=O) groups is 2. The van der Waals surface area contributed by atoms with E-state index in [4.69, 9.17) is 14.2 Å². The minimum Gasteiger partial charge on any atom is -0.493 e. The highest BCUT2D eigenvalue weighted by atomic mass is 16.5. The van der Waals surface area contributed by atoms with Crippen molar-refractivity contribution < 1.29 is 23.8 Å². The lowest BCUT2D eigenvalue weighted by atomic mass is 10.2. The predicted octanol–water partition coefficient (Wildman–Crippen LogP) is 0.831. The number of hydrogen-bond acceptors (Lipinski definition) is 6. The Balaban J connectivity index is 1.43. The molecule has 2 N–H and O–H groups in total. The van der Waals surface area contributed by atoms with Gasteiger partial charge in [0.25, 0.3) is 0 Å². The first-order valence-corrected chi connectivity index (χ1v) is 9.97. The summed E-state index contributed by atoms with van der Waals surface area (Å²) >= 11 is 0. The fourth-order valence-electron chi connectivity index (χ4n) is 3.61. The van der Waals surface area contributed by atoms with Gasteiger partial charge in [0, 0.05) is 44.4 Å². The van der Waals surface area contributed by atoms with Crippen molar-refractivity contribution in [2.24, 2.45) is 0 Å². The van der Waals surface area contributed by atoms with E-state index in [1.54, 1.807) is 31.3 Å². The van der Waals surface area contributed by atoms with Gasteiger partial charge >= 0.3 is 6.03 Å². The van der Waals surface area contributed by atoms with E-state index in [1.807, 2.05) is 6.07 Å². The number of hydrogen-bond donors (Lipinski definition) is 2. The number of methoxy groups -OCH3 is 2. The Hall–Kier alpha value is -2.52. The summed E-state index contributed by atoms with van der Waals surface area (Å²) in [6.45, 7) is 5.42. The third kappa shape index (κ3) is 5.74. The van der Waals surface area contributed by atoms with Gasteiger partial charge in [-0.2, -0.15) is 0 Å². The number of urea groups is 1. The zero-order chi connectivity index (χ0) is 20.6. The van der Waals surface area contributed by atoms with Gasteiger partial charge in [0.05, 0.1) is 33.5 Å². The Morgan fingerprint density at radius 2 is 1.97 bits per heavy atom. The second-order valence-electron chi connectivity index (χ2n) is 7.15. The normalized spacial score (nSPS) is 19.9. The predicted molar refractivity (Wildman–Crippen MR) is 109 cm³/mol. The minimum atomic E-state index is -0.237. The number of nitrogens with one attached hydrogen (secondary N) is 2. The van der Waals surface area contributed by atoms with E-state index in [2.05, 4.69) is 15.5 Å². The van der Waals surface area contributed by atoms with Crippen molar-refractivity contribution in [2.75, 3.05) is 65.1 Å². The molecule has 2 fully saturated rings. The summed E-state index contributed by atoms with van der Waals surface area (Å²) in [5, 5.41) is 5.77. The van der Waals surface area contributed by atoms with Gasteiger partial charge in [0.1, 0.15) is 0 Å². The minimum absolute atomic E-state index is 0.0326. The molecule has 29 heavy (non-hydrogen) atoms. The third-order valence-electron chi connectivity index (χ3n) is 5.18. The van der Waals surface area contributed by atoms with Crippen LogP contribution in [0.2, 0.25) is 0 Å². The van der Waals surface area contributed by atoms with Crippen LogP contribution in [0.1, 0.15) is 12.8 Å². The third-order valence-corrected chi connectivity index (χ3v) is 5.18. The zero-order valence-corrected chi connectivity index (χ0v) is 17.1. The highest BCUT2D eigenvalue weighted by Gasteiger charge is 2.32. The quantitative estimate of drug-likeness (QED) is 0.622. The maximum Gasteiger partial charge on any atom is 0.315 e. The van der Waals surface area contributed by atoms with Crippen molar-refractivity contribution in [3.8, 4) is 11.5 Å². The first-order valence-electron chi connectivity index (χ1n) is 9.97. The number of nitrogens with zero attached hydrogens (tertiary/aromatic N) is 2. The lowest BCUT2D eigenvalue weighted by molar-refractivity contribution is -0.117. The molecule has 9 heteroatoms. The van der Waals surface area contributed by atoms with Crippen LogP contribution < -0.4 is 25.0 Å². The standard InChI is InChI=1S/C20H30N4O5/c1-27-17-5-4-16(13-18(17)28-2)24-14-15(12-19(24)25)22-20(26)21-6-3-7-23-8-10-29-11-9-23/h4-5,13,15H,3,6-12,14H2,1-2H3,(H2,21,22,26)/t15-/m0/s1. The summed E-state index contributed by atoms with van der Waals surface area (Å²) in [7, 11) is 3.12. The molecular formula is C20H30N4O5. The second-order valence-corrected chi connectivity index (χ2v) is 7.15. The Bertz CT molecular complexity index is 708. The van der Waals surface area contributed by atoms with Gasteiger partial charge in [-0.1, -0.05) is 0 Å². The van der Waals surface area contributed by atoms with Gasteiger partial charge in [0.15, 0.2) is 11.5 Å². The number of benzene rings is 1. The van der Waals surface area contributed by atoms with E-state index in [1.165, 1.54) is 0 Å². The van der Waals surface area contributed by atoms with Gasteiger partial charge in [-0.3, -0.25) is 9.69 Å². The van der Waals surface area contributed by atoms with Gasteiger partial charge < -0.3 is 29.7 Å². The highest BCUT2D eigenvalue weighted by molar-refractivity contribution is 5.97. The van der Waals surface area contributed by atoms with E-state index < -0.39 is 0 Å². The molecule has 0 unspecified atom stereocenters. The molecule has 0 saturated carbocycles. The molecule has 2 aliphatic rings. The average Bonchev–Trinajstić information content (AvgIpc) is 3.11. The fraction of sp³-hybridized carbons (Fsp3) is 0.600. The maximum absolute atomic E-state index is 12.4. The zero-order valence-electron chi connectivity index (χ0n) is 17.1. The lowest BCUT2D eigenvalue weighted by Crippen LogP contribution is -2.44. The number of amides is 3. The molecule has 1 atom stereocenters. The van der Waals surface area contributed by atoms with E-state index in [0.717, 1.165) is 45.0 Å². The van der Waals surface area contributed by atoms with E-state index in [-0.39, 0.29) is 24.4 Å². The molecule has 0 aromatic heterocycles. The summed E-state index contributed by atoms with van der Waals surface area (Å²) in [6, 6.07) is 4.88. The largest absolute Gasteiger partial charge is 0.493 e. The Kier molecular flexibility index (Phi) is 7.54. The lowest BCUT2D eigenvalue weighted by Gasteiger charge is -2.26. The molecule has 3 amide bonds. The van der Waals surface area contributed by atoms with Crippen molar-refractivity contribution in [1.29, 1.82) is 0 Å². The average molecular weight is 406 g/mol. The van der Waals surface area contributed by atoms with E-state index in [9.17, 15) is 9.59 Å². The number of morpholine rings is 1. The summed E-state index contributed by atoms with van der Waals surface area (Å²) in [5.74, 6) is 1.14. The SMILES string of the molecule is COc1ccc(N2C[C@@H](NC(=O)NCCCN3CCOCC3)CC2=O)cc1OC. The second kappa shape index (κ2) is 10.3. The molecule has 2 aliphatic heterocycles. The maximum atomic E-state index is 12.4. The molecule has 2 saturated heterocycles. The summed E-state index contributed by atoms with van der Waals surface area (Å²) in [5.41, 5.74) is 0.725. The van der Waals surface area contributed by atoms with Gasteiger partial charge in [-0.15, -0.1) is 0 Å². The van der Waals surface area contributed by atoms with Crippen LogP contribution in [0.3, 0.4) is 0 Å². The molecule has 0 spiro atoms. The van der Waals surface area contributed by atoms with Crippen LogP contribution in [0.5, 0.6) is 11.5 Å². The van der Waals surface area contributed by atoms with Crippen LogP contribution >= 0.6 is 0 Å². The van der Waals surface area contributed by atoms with E-state index >= 15 is 0 Å². The van der Waals surface area contributed by atoms with Crippen LogP contribution in [0.25, 0.3) is 0 Å². The van der Waals surface area contributed by atoms with Crippen molar-refractivity contribution in [3.05, 3.63) is 18.2 Å². The highest BCUT2D eigenvalue weighted by Crippen LogP contribution is 2.33. The van der Waals surface area contributed by atoms with Crippen LogP contribution in [0.4, 0.5) is 10.5 Å². The molecule has 0 bridgehead atoms. The molecule has 0 aliphatic carbocycles. The van der Waals surface area contributed by atoms with Crippen molar-refractivity contribution in [1.82, 2.24) is 15.5 Å². The molecular weight excluding hydrogens is 376 g/mol. The topological polar surface area (TPSA) is 92.4 Å². The van der Waals surface area contributed by atoms with Crippen LogP contribution in [-0.2, 0) is 9.53 Å². The molecule has 3 rings (SSSR count). The Labute approximate surface area is 171 Å². The summed E-state index contributed by atoms with van der Waals surface area (Å²) in [4.78, 5) is 28.6. The van der Waals surface area contributed by atoms with Crippen LogP contribution in [0, 0.1) is 0 Å². The first-order chi connectivity index (χ1) is 14.1. The summed E-state index contributed by atoms with van der Waals surface area (Å²) in [6.07, 6.45) is 1.16. The van der Waals surface area contributed by atoms with Crippen LogP contribution in [0.15, 0.2) is 18.2 Å². The van der Waals surface area contributed by atoms with Crippen molar-refractivity contribution in [3.63, 3.8) is 0 Å². The molecule has 1 aromatic carbocycles. The molecule has 1 aromatic rings. The molecule has 160 valence electrons. The van der Waals surface area contributed by atoms with Gasteiger partial charge in [-0.25, -0.2) is 4.79 Å². The van der Waals surface area contributed by atoms with E-state index in [0.29, 0.717) is 24.6 Å². The van der Waals surface area contributed by atoms with Gasteiger partial charge in [0.2, 0.25) is 5.91 Å². The summed E-state index contributed by atoms with van der Waals surface area (Å²) < 4.78 is 15.9. The Morgan fingerprint density at radius 1 is 1.21 bits per heavy atom. The number of carbonyl (C=O) groups excluding carboxylic acids is 2. The number of anilines is 1. The number of ether oxygens (including phenoxy) is 3.